The first-order valence-corrected chi connectivity index (χ1v) is 9.17. The SMILES string of the molecule is Cn1ccc(/C=C/C(=O)N2CCC(CNC(=O)/C=C/CO)(C3CC3)C2)c1. The maximum absolute atomic E-state index is 12.5. The lowest BCUT2D eigenvalue weighted by Crippen LogP contribution is -2.41. The highest BCUT2D eigenvalue weighted by Crippen LogP contribution is 2.50. The van der Waals surface area contributed by atoms with Crippen LogP contribution >= 0.6 is 0 Å². The molecule has 6 nitrogen and oxygen atoms in total. The van der Waals surface area contributed by atoms with E-state index in [4.69, 9.17) is 5.11 Å². The molecular formula is C20H27N3O3. The molecule has 1 aromatic rings. The van der Waals surface area contributed by atoms with Gasteiger partial charge in [-0.3, -0.25) is 9.59 Å². The van der Waals surface area contributed by atoms with Gasteiger partial charge in [-0.1, -0.05) is 6.08 Å². The minimum absolute atomic E-state index is 0.0149. The first kappa shape index (κ1) is 18.5. The summed E-state index contributed by atoms with van der Waals surface area (Å²) < 4.78 is 1.95. The number of nitrogens with zero attached hydrogens (tertiary/aromatic N) is 2. The van der Waals surface area contributed by atoms with Crippen molar-refractivity contribution in [3.8, 4) is 0 Å². The van der Waals surface area contributed by atoms with E-state index in [1.807, 2.05) is 41.1 Å². The predicted octanol–water partition coefficient (Wildman–Crippen LogP) is 1.33. The topological polar surface area (TPSA) is 74.6 Å². The lowest BCUT2D eigenvalue weighted by atomic mass is 9.81. The molecule has 2 fully saturated rings. The van der Waals surface area contributed by atoms with Crippen molar-refractivity contribution in [2.75, 3.05) is 26.2 Å². The highest BCUT2D eigenvalue weighted by Gasteiger charge is 2.49. The number of carbonyl (C=O) groups is 2. The van der Waals surface area contributed by atoms with Crippen molar-refractivity contribution in [1.82, 2.24) is 14.8 Å². The summed E-state index contributed by atoms with van der Waals surface area (Å²) in [6.07, 6.45) is 13.5. The van der Waals surface area contributed by atoms with Gasteiger partial charge in [-0.15, -0.1) is 0 Å². The summed E-state index contributed by atoms with van der Waals surface area (Å²) in [7, 11) is 1.95. The minimum Gasteiger partial charge on any atom is -0.392 e. The van der Waals surface area contributed by atoms with E-state index in [2.05, 4.69) is 5.32 Å². The fourth-order valence-corrected chi connectivity index (χ4v) is 3.78. The van der Waals surface area contributed by atoms with Gasteiger partial charge in [-0.2, -0.15) is 0 Å². The summed E-state index contributed by atoms with van der Waals surface area (Å²) in [5.41, 5.74) is 0.996. The van der Waals surface area contributed by atoms with Gasteiger partial charge in [-0.05, 0) is 42.9 Å². The molecule has 6 heteroatoms. The molecule has 2 amide bonds. The molecule has 0 bridgehead atoms. The van der Waals surface area contributed by atoms with Gasteiger partial charge >= 0.3 is 0 Å². The lowest BCUT2D eigenvalue weighted by molar-refractivity contribution is -0.125. The van der Waals surface area contributed by atoms with Crippen LogP contribution in [0.15, 0.2) is 36.7 Å². The molecule has 0 aromatic carbocycles. The molecular weight excluding hydrogens is 330 g/mol. The zero-order valence-corrected chi connectivity index (χ0v) is 15.2. The Morgan fingerprint density at radius 1 is 1.38 bits per heavy atom. The van der Waals surface area contributed by atoms with Crippen LogP contribution in [-0.2, 0) is 16.6 Å². The molecule has 1 aliphatic heterocycles. The number of aryl methyl sites for hydroxylation is 1. The van der Waals surface area contributed by atoms with E-state index in [-0.39, 0.29) is 23.8 Å². The Morgan fingerprint density at radius 3 is 2.85 bits per heavy atom. The Kier molecular flexibility index (Phi) is 5.61. The number of hydrogen-bond acceptors (Lipinski definition) is 3. The summed E-state index contributed by atoms with van der Waals surface area (Å²) in [5.74, 6) is 0.427. The van der Waals surface area contributed by atoms with Gasteiger partial charge in [-0.25, -0.2) is 0 Å². The molecule has 26 heavy (non-hydrogen) atoms. The van der Waals surface area contributed by atoms with E-state index in [0.29, 0.717) is 19.0 Å². The van der Waals surface area contributed by atoms with Gasteiger partial charge in [0.05, 0.1) is 6.61 Å². The molecule has 1 aliphatic carbocycles. The highest BCUT2D eigenvalue weighted by molar-refractivity contribution is 5.92. The smallest absolute Gasteiger partial charge is 0.246 e. The van der Waals surface area contributed by atoms with Crippen LogP contribution in [-0.4, -0.2) is 52.6 Å². The van der Waals surface area contributed by atoms with Crippen LogP contribution in [0.3, 0.4) is 0 Å². The summed E-state index contributed by atoms with van der Waals surface area (Å²) in [4.78, 5) is 26.3. The average Bonchev–Trinajstić information content (AvgIpc) is 3.28. The average molecular weight is 357 g/mol. The number of aliphatic hydroxyl groups is 1. The first-order valence-electron chi connectivity index (χ1n) is 9.17. The van der Waals surface area contributed by atoms with E-state index < -0.39 is 0 Å². The van der Waals surface area contributed by atoms with Crippen molar-refractivity contribution in [3.63, 3.8) is 0 Å². The highest BCUT2D eigenvalue weighted by atomic mass is 16.2. The molecule has 1 aromatic heterocycles. The van der Waals surface area contributed by atoms with Crippen molar-refractivity contribution in [2.24, 2.45) is 18.4 Å². The Balaban J connectivity index is 1.58. The van der Waals surface area contributed by atoms with Crippen LogP contribution in [0.2, 0.25) is 0 Å². The number of rotatable bonds is 7. The molecule has 3 rings (SSSR count). The molecule has 0 radical (unpaired) electrons. The van der Waals surface area contributed by atoms with E-state index >= 15 is 0 Å². The van der Waals surface area contributed by atoms with E-state index in [1.165, 1.54) is 25.0 Å². The van der Waals surface area contributed by atoms with E-state index in [0.717, 1.165) is 18.5 Å². The van der Waals surface area contributed by atoms with Crippen molar-refractivity contribution in [3.05, 3.63) is 42.3 Å². The number of aromatic nitrogens is 1. The fraction of sp³-hybridized carbons (Fsp3) is 0.500. The molecule has 2 N–H and O–H groups in total. The molecule has 1 saturated carbocycles. The summed E-state index contributed by atoms with van der Waals surface area (Å²) >= 11 is 0. The van der Waals surface area contributed by atoms with E-state index in [9.17, 15) is 9.59 Å². The van der Waals surface area contributed by atoms with Crippen LogP contribution < -0.4 is 5.32 Å². The maximum atomic E-state index is 12.5. The lowest BCUT2D eigenvalue weighted by Gasteiger charge is -2.29. The van der Waals surface area contributed by atoms with Crippen LogP contribution in [0, 0.1) is 11.3 Å². The second-order valence-electron chi connectivity index (χ2n) is 7.39. The molecule has 2 heterocycles. The molecule has 1 atom stereocenters. The molecule has 1 unspecified atom stereocenters. The third-order valence-corrected chi connectivity index (χ3v) is 5.40. The van der Waals surface area contributed by atoms with Gasteiger partial charge in [0.25, 0.3) is 0 Å². The Bertz CT molecular complexity index is 718. The third kappa shape index (κ3) is 4.43. The van der Waals surface area contributed by atoms with Crippen LogP contribution in [0.1, 0.15) is 24.8 Å². The molecule has 0 spiro atoms. The van der Waals surface area contributed by atoms with E-state index in [1.54, 1.807) is 6.08 Å². The first-order chi connectivity index (χ1) is 12.5. The normalized spacial score (nSPS) is 23.2. The zero-order valence-electron chi connectivity index (χ0n) is 15.2. The minimum atomic E-state index is -0.187. The van der Waals surface area contributed by atoms with Crippen molar-refractivity contribution in [1.29, 1.82) is 0 Å². The summed E-state index contributed by atoms with van der Waals surface area (Å²) in [6.45, 7) is 1.87. The molecule has 140 valence electrons. The number of carbonyl (C=O) groups excluding carboxylic acids is 2. The maximum Gasteiger partial charge on any atom is 0.246 e. The van der Waals surface area contributed by atoms with Crippen molar-refractivity contribution >= 4 is 17.9 Å². The van der Waals surface area contributed by atoms with Gasteiger partial charge < -0.3 is 19.9 Å². The van der Waals surface area contributed by atoms with Crippen molar-refractivity contribution in [2.45, 2.75) is 19.3 Å². The number of nitrogens with one attached hydrogen (secondary N) is 1. The predicted molar refractivity (Wildman–Crippen MR) is 100 cm³/mol. The third-order valence-electron chi connectivity index (χ3n) is 5.40. The van der Waals surface area contributed by atoms with Crippen LogP contribution in [0.4, 0.5) is 0 Å². The number of likely N-dealkylation sites (tertiary alicyclic amines) is 1. The van der Waals surface area contributed by atoms with Gasteiger partial charge in [0.15, 0.2) is 0 Å². The monoisotopic (exact) mass is 357 g/mol. The quantitative estimate of drug-likeness (QED) is 0.723. The van der Waals surface area contributed by atoms with Crippen LogP contribution in [0.25, 0.3) is 6.08 Å². The summed E-state index contributed by atoms with van der Waals surface area (Å²) in [6, 6.07) is 1.97. The standard InChI is InChI=1S/C20H27N3O3/c1-22-10-8-16(13-22)4-7-19(26)23-11-9-20(15-23,17-5-6-17)14-21-18(25)3-2-12-24/h2-4,7-8,10,13,17,24H,5-6,9,11-12,14-15H2,1H3,(H,21,25)/b3-2+,7-4+. The largest absolute Gasteiger partial charge is 0.392 e. The second-order valence-corrected chi connectivity index (χ2v) is 7.39. The van der Waals surface area contributed by atoms with Gasteiger partial charge in [0.2, 0.25) is 11.8 Å². The second kappa shape index (κ2) is 7.91. The molecule has 2 aliphatic rings. The van der Waals surface area contributed by atoms with Gasteiger partial charge in [0.1, 0.15) is 0 Å². The Labute approximate surface area is 154 Å². The summed E-state index contributed by atoms with van der Waals surface area (Å²) in [5, 5.41) is 11.7. The number of amides is 2. The number of hydrogen-bond donors (Lipinski definition) is 2. The van der Waals surface area contributed by atoms with Gasteiger partial charge in [0, 0.05) is 56.6 Å². The Hall–Kier alpha value is -2.34. The molecule has 1 saturated heterocycles. The van der Waals surface area contributed by atoms with Crippen molar-refractivity contribution < 1.29 is 14.7 Å². The number of aliphatic hydroxyl groups excluding tert-OH is 1. The fourth-order valence-electron chi connectivity index (χ4n) is 3.78. The zero-order chi connectivity index (χ0) is 18.6. The van der Waals surface area contributed by atoms with Crippen LogP contribution in [0.5, 0.6) is 0 Å². The Morgan fingerprint density at radius 2 is 2.19 bits per heavy atom.